The van der Waals surface area contributed by atoms with Crippen molar-refractivity contribution in [2.24, 2.45) is 5.92 Å². The molecule has 4 N–H and O–H groups in total. The van der Waals surface area contributed by atoms with Gasteiger partial charge >= 0.3 is 0 Å². The highest BCUT2D eigenvalue weighted by Crippen LogP contribution is 2.24. The molecule has 2 heterocycles. The van der Waals surface area contributed by atoms with Crippen molar-refractivity contribution in [1.29, 1.82) is 0 Å². The molecule has 7 heteroatoms. The van der Waals surface area contributed by atoms with Crippen molar-refractivity contribution in [3.8, 4) is 0 Å². The van der Waals surface area contributed by atoms with Crippen LogP contribution in [0.1, 0.15) is 33.5 Å². The van der Waals surface area contributed by atoms with Crippen molar-refractivity contribution in [2.45, 2.75) is 19.9 Å². The van der Waals surface area contributed by atoms with Gasteiger partial charge in [-0.05, 0) is 25.5 Å². The molecular formula is C17H20N4O3. The van der Waals surface area contributed by atoms with E-state index in [0.717, 1.165) is 5.56 Å². The standard InChI is InChI=1S/C17H20N4O3/c1-10-8-13(11(2)24-10)16(22)20-21-17(23)14-9-18-19-15(14)12-6-4-3-5-7-12/h3-8,14-15,18-19H,9H2,1-2H3,(H,20,22)(H,21,23). The van der Waals surface area contributed by atoms with Crippen molar-refractivity contribution in [2.75, 3.05) is 6.54 Å². The van der Waals surface area contributed by atoms with E-state index in [0.29, 0.717) is 23.6 Å². The number of nitrogens with one attached hydrogen (secondary N) is 4. The smallest absolute Gasteiger partial charge is 0.273 e. The average molecular weight is 328 g/mol. The van der Waals surface area contributed by atoms with Gasteiger partial charge in [0, 0.05) is 6.54 Å². The molecular weight excluding hydrogens is 308 g/mol. The largest absolute Gasteiger partial charge is 0.466 e. The fourth-order valence-electron chi connectivity index (χ4n) is 2.85. The van der Waals surface area contributed by atoms with Crippen LogP contribution < -0.4 is 21.7 Å². The lowest BCUT2D eigenvalue weighted by Gasteiger charge is -2.18. The van der Waals surface area contributed by atoms with Gasteiger partial charge < -0.3 is 4.42 Å². The summed E-state index contributed by atoms with van der Waals surface area (Å²) in [5, 5.41) is 0. The molecule has 0 spiro atoms. The lowest BCUT2D eigenvalue weighted by Crippen LogP contribution is -2.46. The molecule has 1 saturated heterocycles. The van der Waals surface area contributed by atoms with Crippen LogP contribution >= 0.6 is 0 Å². The predicted octanol–water partition coefficient (Wildman–Crippen LogP) is 1.12. The van der Waals surface area contributed by atoms with Crippen LogP contribution in [-0.4, -0.2) is 18.4 Å². The maximum Gasteiger partial charge on any atom is 0.273 e. The zero-order valence-electron chi connectivity index (χ0n) is 13.6. The number of carbonyl (C=O) groups is 2. The highest BCUT2D eigenvalue weighted by molar-refractivity contribution is 5.96. The molecule has 1 aliphatic rings. The van der Waals surface area contributed by atoms with E-state index in [1.807, 2.05) is 30.3 Å². The topological polar surface area (TPSA) is 95.4 Å². The summed E-state index contributed by atoms with van der Waals surface area (Å²) in [4.78, 5) is 24.6. The molecule has 126 valence electrons. The van der Waals surface area contributed by atoms with Gasteiger partial charge in [-0.1, -0.05) is 30.3 Å². The van der Waals surface area contributed by atoms with Crippen LogP contribution in [0.25, 0.3) is 0 Å². The Morgan fingerprint density at radius 1 is 1.17 bits per heavy atom. The third-order valence-electron chi connectivity index (χ3n) is 4.06. The summed E-state index contributed by atoms with van der Waals surface area (Å²) in [6.45, 7) is 3.95. The van der Waals surface area contributed by atoms with Crippen LogP contribution in [0.5, 0.6) is 0 Å². The third-order valence-corrected chi connectivity index (χ3v) is 4.06. The van der Waals surface area contributed by atoms with Crippen molar-refractivity contribution in [1.82, 2.24) is 21.7 Å². The monoisotopic (exact) mass is 328 g/mol. The summed E-state index contributed by atoms with van der Waals surface area (Å²) in [7, 11) is 0. The first-order chi connectivity index (χ1) is 11.6. The maximum absolute atomic E-state index is 12.4. The number of hydrogen-bond donors (Lipinski definition) is 4. The van der Waals surface area contributed by atoms with Crippen LogP contribution in [0.3, 0.4) is 0 Å². The van der Waals surface area contributed by atoms with E-state index in [9.17, 15) is 9.59 Å². The summed E-state index contributed by atoms with van der Waals surface area (Å²) in [6, 6.07) is 11.2. The molecule has 2 unspecified atom stereocenters. The van der Waals surface area contributed by atoms with E-state index in [2.05, 4.69) is 21.7 Å². The number of furan rings is 1. The van der Waals surface area contributed by atoms with E-state index in [1.165, 1.54) is 0 Å². The van der Waals surface area contributed by atoms with Gasteiger partial charge in [0.1, 0.15) is 11.5 Å². The van der Waals surface area contributed by atoms with Gasteiger partial charge in [0.2, 0.25) is 5.91 Å². The summed E-state index contributed by atoms with van der Waals surface area (Å²) >= 11 is 0. The number of benzene rings is 1. The lowest BCUT2D eigenvalue weighted by atomic mass is 9.94. The Morgan fingerprint density at radius 2 is 1.92 bits per heavy atom. The predicted molar refractivity (Wildman–Crippen MR) is 87.6 cm³/mol. The third kappa shape index (κ3) is 3.32. The number of carbonyl (C=O) groups excluding carboxylic acids is 2. The van der Waals surface area contributed by atoms with E-state index >= 15 is 0 Å². The van der Waals surface area contributed by atoms with Gasteiger partial charge in [-0.25, -0.2) is 5.43 Å². The second-order valence-corrected chi connectivity index (χ2v) is 5.79. The molecule has 0 aliphatic carbocycles. The van der Waals surface area contributed by atoms with Gasteiger partial charge in [-0.15, -0.1) is 0 Å². The van der Waals surface area contributed by atoms with Gasteiger partial charge in [0.05, 0.1) is 17.5 Å². The fraction of sp³-hybridized carbons (Fsp3) is 0.294. The Bertz CT molecular complexity index is 742. The van der Waals surface area contributed by atoms with E-state index in [1.54, 1.807) is 19.9 Å². The van der Waals surface area contributed by atoms with Crippen molar-refractivity contribution in [3.05, 3.63) is 59.0 Å². The maximum atomic E-state index is 12.4. The molecule has 0 bridgehead atoms. The van der Waals surface area contributed by atoms with Crippen molar-refractivity contribution in [3.63, 3.8) is 0 Å². The molecule has 1 aliphatic heterocycles. The Labute approximate surface area is 139 Å². The molecule has 0 saturated carbocycles. The molecule has 2 atom stereocenters. The second-order valence-electron chi connectivity index (χ2n) is 5.79. The minimum absolute atomic E-state index is 0.152. The quantitative estimate of drug-likeness (QED) is 0.634. The first kappa shape index (κ1) is 16.2. The number of amides is 2. The lowest BCUT2D eigenvalue weighted by molar-refractivity contribution is -0.125. The highest BCUT2D eigenvalue weighted by atomic mass is 16.3. The Hall–Kier alpha value is -2.64. The minimum atomic E-state index is -0.395. The zero-order valence-corrected chi connectivity index (χ0v) is 13.6. The number of hydrazine groups is 2. The summed E-state index contributed by atoms with van der Waals surface area (Å²) in [5.74, 6) is 0.184. The van der Waals surface area contributed by atoms with E-state index in [-0.39, 0.29) is 17.9 Å². The summed E-state index contributed by atoms with van der Waals surface area (Å²) in [6.07, 6.45) is 0. The van der Waals surface area contributed by atoms with Crippen LogP contribution in [0.15, 0.2) is 40.8 Å². The summed E-state index contributed by atoms with van der Waals surface area (Å²) in [5.41, 5.74) is 12.5. The Morgan fingerprint density at radius 3 is 2.58 bits per heavy atom. The molecule has 1 aromatic carbocycles. The van der Waals surface area contributed by atoms with Crippen LogP contribution in [0.2, 0.25) is 0 Å². The molecule has 2 amide bonds. The Kier molecular flexibility index (Phi) is 4.64. The molecule has 3 rings (SSSR count). The first-order valence-electron chi connectivity index (χ1n) is 7.77. The number of aryl methyl sites for hydroxylation is 2. The SMILES string of the molecule is Cc1cc(C(=O)NNC(=O)C2CNNC2c2ccccc2)c(C)o1. The van der Waals surface area contributed by atoms with Crippen LogP contribution in [-0.2, 0) is 4.79 Å². The van der Waals surface area contributed by atoms with Crippen molar-refractivity contribution < 1.29 is 14.0 Å². The molecule has 1 fully saturated rings. The number of rotatable bonds is 3. The zero-order chi connectivity index (χ0) is 17.1. The normalized spacial score (nSPS) is 19.9. The van der Waals surface area contributed by atoms with Gasteiger partial charge in [-0.2, -0.15) is 0 Å². The van der Waals surface area contributed by atoms with E-state index in [4.69, 9.17) is 4.42 Å². The van der Waals surface area contributed by atoms with Gasteiger partial charge in [0.25, 0.3) is 5.91 Å². The number of hydrogen-bond acceptors (Lipinski definition) is 5. The van der Waals surface area contributed by atoms with Gasteiger partial charge in [-0.3, -0.25) is 25.9 Å². The van der Waals surface area contributed by atoms with E-state index < -0.39 is 5.91 Å². The highest BCUT2D eigenvalue weighted by Gasteiger charge is 2.34. The molecule has 1 aromatic heterocycles. The second kappa shape index (κ2) is 6.86. The average Bonchev–Trinajstić information content (AvgIpc) is 3.19. The summed E-state index contributed by atoms with van der Waals surface area (Å²) < 4.78 is 5.32. The van der Waals surface area contributed by atoms with Crippen molar-refractivity contribution >= 4 is 11.8 Å². The first-order valence-corrected chi connectivity index (χ1v) is 7.77. The molecule has 2 aromatic rings. The van der Waals surface area contributed by atoms with Crippen LogP contribution in [0.4, 0.5) is 0 Å². The Balaban J connectivity index is 1.62. The molecule has 7 nitrogen and oxygen atoms in total. The fourth-order valence-corrected chi connectivity index (χ4v) is 2.85. The minimum Gasteiger partial charge on any atom is -0.466 e. The molecule has 24 heavy (non-hydrogen) atoms. The molecule has 0 radical (unpaired) electrons. The van der Waals surface area contributed by atoms with Gasteiger partial charge in [0.15, 0.2) is 0 Å². The van der Waals surface area contributed by atoms with Crippen LogP contribution in [0, 0.1) is 19.8 Å².